The van der Waals surface area contributed by atoms with Crippen molar-refractivity contribution in [1.82, 2.24) is 10.5 Å². The molecule has 0 spiro atoms. The van der Waals surface area contributed by atoms with E-state index in [1.165, 1.54) is 0 Å². The molecule has 0 fully saturated rings. The van der Waals surface area contributed by atoms with Crippen LogP contribution in [0.5, 0.6) is 0 Å². The summed E-state index contributed by atoms with van der Waals surface area (Å²) in [5.41, 5.74) is 0. The zero-order valence-corrected chi connectivity index (χ0v) is 12.6. The molecule has 0 aliphatic heterocycles. The molecule has 0 unspecified atom stereocenters. The molecule has 9 heteroatoms. The van der Waals surface area contributed by atoms with Crippen molar-refractivity contribution in [3.8, 4) is 0 Å². The highest BCUT2D eigenvalue weighted by Crippen LogP contribution is 2.08. The Morgan fingerprint density at radius 1 is 1.33 bits per heavy atom. The fourth-order valence-electron chi connectivity index (χ4n) is 1.27. The molecule has 0 saturated carbocycles. The van der Waals surface area contributed by atoms with Crippen molar-refractivity contribution in [2.24, 2.45) is 0 Å². The van der Waals surface area contributed by atoms with Crippen molar-refractivity contribution in [3.05, 3.63) is 11.8 Å². The number of anilines is 1. The zero-order valence-electron chi connectivity index (χ0n) is 11.8. The highest BCUT2D eigenvalue weighted by atomic mass is 32.2. The van der Waals surface area contributed by atoms with Crippen molar-refractivity contribution in [2.75, 3.05) is 30.0 Å². The maximum atomic E-state index is 11.5. The maximum absolute atomic E-state index is 11.5. The van der Waals surface area contributed by atoms with Crippen LogP contribution in [0, 0.1) is 6.92 Å². The fraction of sp³-hybridized carbons (Fsp3) is 0.500. The quantitative estimate of drug-likeness (QED) is 0.665. The molecule has 0 radical (unpaired) electrons. The van der Waals surface area contributed by atoms with Crippen LogP contribution in [-0.2, 0) is 19.1 Å². The van der Waals surface area contributed by atoms with Gasteiger partial charge in [-0.05, 0) is 13.8 Å². The lowest BCUT2D eigenvalue weighted by molar-refractivity contribution is -0.145. The van der Waals surface area contributed by atoms with Crippen LogP contribution in [0.15, 0.2) is 10.6 Å². The molecular weight excluding hydrogens is 298 g/mol. The first-order chi connectivity index (χ1) is 10.0. The molecule has 8 nitrogen and oxygen atoms in total. The van der Waals surface area contributed by atoms with Crippen molar-refractivity contribution in [1.29, 1.82) is 0 Å². The SMILES string of the molecule is CCNC(=O)COC(=O)CSCC(=O)Nc1cc(C)on1. The number of likely N-dealkylation sites (N-methyl/N-ethyl adjacent to an activating group) is 1. The van der Waals surface area contributed by atoms with E-state index in [0.717, 1.165) is 11.8 Å². The summed E-state index contributed by atoms with van der Waals surface area (Å²) in [6, 6.07) is 1.59. The van der Waals surface area contributed by atoms with Gasteiger partial charge in [0, 0.05) is 12.6 Å². The first-order valence-corrected chi connectivity index (χ1v) is 7.40. The summed E-state index contributed by atoms with van der Waals surface area (Å²) in [5.74, 6) is -0.215. The third-order valence-corrected chi connectivity index (χ3v) is 2.99. The number of hydrogen-bond acceptors (Lipinski definition) is 7. The van der Waals surface area contributed by atoms with Crippen LogP contribution < -0.4 is 10.6 Å². The molecule has 1 rings (SSSR count). The lowest BCUT2D eigenvalue weighted by Crippen LogP contribution is -2.28. The minimum atomic E-state index is -0.545. The van der Waals surface area contributed by atoms with Crippen molar-refractivity contribution in [2.45, 2.75) is 13.8 Å². The number of thioether (sulfide) groups is 1. The Morgan fingerprint density at radius 3 is 2.71 bits per heavy atom. The van der Waals surface area contributed by atoms with Gasteiger partial charge in [0.05, 0.1) is 11.5 Å². The van der Waals surface area contributed by atoms with Crippen LogP contribution in [0.1, 0.15) is 12.7 Å². The summed E-state index contributed by atoms with van der Waals surface area (Å²) >= 11 is 1.08. The maximum Gasteiger partial charge on any atom is 0.316 e. The van der Waals surface area contributed by atoms with Crippen LogP contribution in [-0.4, -0.2) is 47.6 Å². The van der Waals surface area contributed by atoms with Gasteiger partial charge in [-0.25, -0.2) is 0 Å². The van der Waals surface area contributed by atoms with E-state index < -0.39 is 5.97 Å². The molecule has 0 atom stereocenters. The Kier molecular flexibility index (Phi) is 7.30. The molecule has 0 aromatic carbocycles. The monoisotopic (exact) mass is 315 g/mol. The van der Waals surface area contributed by atoms with E-state index in [4.69, 9.17) is 9.26 Å². The highest BCUT2D eigenvalue weighted by Gasteiger charge is 2.10. The summed E-state index contributed by atoms with van der Waals surface area (Å²) in [6.07, 6.45) is 0. The Labute approximate surface area is 126 Å². The van der Waals surface area contributed by atoms with Crippen LogP contribution in [0.3, 0.4) is 0 Å². The van der Waals surface area contributed by atoms with Crippen LogP contribution in [0.2, 0.25) is 0 Å². The average Bonchev–Trinajstić information content (AvgIpc) is 2.82. The number of hydrogen-bond donors (Lipinski definition) is 2. The number of esters is 1. The molecule has 0 aliphatic rings. The molecule has 1 aromatic heterocycles. The van der Waals surface area contributed by atoms with Crippen LogP contribution >= 0.6 is 11.8 Å². The second-order valence-electron chi connectivity index (χ2n) is 3.98. The molecule has 2 N–H and O–H groups in total. The Balaban J connectivity index is 2.13. The van der Waals surface area contributed by atoms with E-state index in [9.17, 15) is 14.4 Å². The van der Waals surface area contributed by atoms with Gasteiger partial charge in [0.25, 0.3) is 5.91 Å². The molecular formula is C12H17N3O5S. The lowest BCUT2D eigenvalue weighted by atomic mass is 10.5. The first-order valence-electron chi connectivity index (χ1n) is 6.24. The standard InChI is InChI=1S/C12H17N3O5S/c1-3-13-10(16)5-19-12(18)7-21-6-11(17)14-9-4-8(2)20-15-9/h4H,3,5-7H2,1-2H3,(H,13,16)(H,14,15,17). The summed E-state index contributed by atoms with van der Waals surface area (Å²) in [7, 11) is 0. The second kappa shape index (κ2) is 9.01. The van der Waals surface area contributed by atoms with Crippen LogP contribution in [0.25, 0.3) is 0 Å². The third-order valence-electron chi connectivity index (χ3n) is 2.09. The Bertz CT molecular complexity index is 503. The molecule has 2 amide bonds. The molecule has 0 bridgehead atoms. The third kappa shape index (κ3) is 7.35. The number of ether oxygens (including phenoxy) is 1. The van der Waals surface area contributed by atoms with Crippen molar-refractivity contribution in [3.63, 3.8) is 0 Å². The topological polar surface area (TPSA) is 111 Å². The number of aromatic nitrogens is 1. The number of rotatable bonds is 8. The van der Waals surface area contributed by atoms with E-state index in [2.05, 4.69) is 15.8 Å². The molecule has 1 heterocycles. The van der Waals surface area contributed by atoms with E-state index in [-0.39, 0.29) is 29.9 Å². The van der Waals surface area contributed by atoms with E-state index in [1.54, 1.807) is 19.9 Å². The number of nitrogens with zero attached hydrogens (tertiary/aromatic N) is 1. The van der Waals surface area contributed by atoms with Crippen molar-refractivity contribution >= 4 is 35.4 Å². The normalized spacial score (nSPS) is 10.0. The van der Waals surface area contributed by atoms with Gasteiger partial charge in [-0.15, -0.1) is 11.8 Å². The molecule has 0 saturated heterocycles. The van der Waals surface area contributed by atoms with Gasteiger partial charge >= 0.3 is 5.97 Å². The van der Waals surface area contributed by atoms with Gasteiger partial charge in [-0.2, -0.15) is 0 Å². The fourth-order valence-corrected chi connectivity index (χ4v) is 1.88. The summed E-state index contributed by atoms with van der Waals surface area (Å²) in [6.45, 7) is 3.65. The second-order valence-corrected chi connectivity index (χ2v) is 4.96. The molecule has 21 heavy (non-hydrogen) atoms. The average molecular weight is 315 g/mol. The summed E-state index contributed by atoms with van der Waals surface area (Å²) in [5, 5.41) is 8.64. The predicted molar refractivity (Wildman–Crippen MR) is 76.8 cm³/mol. The van der Waals surface area contributed by atoms with E-state index in [1.807, 2.05) is 0 Å². The molecule has 116 valence electrons. The van der Waals surface area contributed by atoms with E-state index >= 15 is 0 Å². The number of carbonyl (C=O) groups is 3. The number of nitrogens with one attached hydrogen (secondary N) is 2. The van der Waals surface area contributed by atoms with Gasteiger partial charge < -0.3 is 19.9 Å². The first kappa shape index (κ1) is 17.0. The number of aryl methyl sites for hydroxylation is 1. The zero-order chi connectivity index (χ0) is 15.7. The minimum absolute atomic E-state index is 0.00926. The molecule has 1 aromatic rings. The Morgan fingerprint density at radius 2 is 2.10 bits per heavy atom. The lowest BCUT2D eigenvalue weighted by Gasteiger charge is -2.04. The van der Waals surface area contributed by atoms with Gasteiger partial charge in [-0.3, -0.25) is 14.4 Å². The van der Waals surface area contributed by atoms with Gasteiger partial charge in [-0.1, -0.05) is 5.16 Å². The minimum Gasteiger partial charge on any atom is -0.455 e. The van der Waals surface area contributed by atoms with Crippen LogP contribution in [0.4, 0.5) is 5.82 Å². The Hall–Kier alpha value is -2.03. The summed E-state index contributed by atoms with van der Waals surface area (Å²) in [4.78, 5) is 33.9. The highest BCUT2D eigenvalue weighted by molar-refractivity contribution is 8.00. The molecule has 0 aliphatic carbocycles. The van der Waals surface area contributed by atoms with Crippen molar-refractivity contribution < 1.29 is 23.6 Å². The van der Waals surface area contributed by atoms with Gasteiger partial charge in [0.2, 0.25) is 5.91 Å². The predicted octanol–water partition coefficient (Wildman–Crippen LogP) is 0.334. The smallest absolute Gasteiger partial charge is 0.316 e. The van der Waals surface area contributed by atoms with Gasteiger partial charge in [0.15, 0.2) is 12.4 Å². The van der Waals surface area contributed by atoms with E-state index in [0.29, 0.717) is 18.1 Å². The summed E-state index contributed by atoms with van der Waals surface area (Å²) < 4.78 is 9.53. The number of carbonyl (C=O) groups excluding carboxylic acids is 3. The van der Waals surface area contributed by atoms with Gasteiger partial charge in [0.1, 0.15) is 5.76 Å². The largest absolute Gasteiger partial charge is 0.455 e. The number of amides is 2.